The molecule has 24 heavy (non-hydrogen) atoms. The molecule has 128 valence electrons. The van der Waals surface area contributed by atoms with Crippen LogP contribution in [-0.4, -0.2) is 29.9 Å². The Morgan fingerprint density at radius 3 is 2.46 bits per heavy atom. The molecule has 2 rings (SSSR count). The molecule has 0 aliphatic heterocycles. The maximum Gasteiger partial charge on any atom is 0.339 e. The number of hydrogen-bond acceptors (Lipinski definition) is 4. The van der Waals surface area contributed by atoms with E-state index in [2.05, 4.69) is 10.3 Å². The second-order valence-corrected chi connectivity index (χ2v) is 6.17. The van der Waals surface area contributed by atoms with Crippen LogP contribution in [0.1, 0.15) is 50.2 Å². The van der Waals surface area contributed by atoms with Gasteiger partial charge >= 0.3 is 5.97 Å². The van der Waals surface area contributed by atoms with Crippen LogP contribution in [0.25, 0.3) is 0 Å². The summed E-state index contributed by atoms with van der Waals surface area (Å²) in [5, 5.41) is 3.26. The molecule has 0 amide bonds. The number of methoxy groups -OCH3 is 1. The molecule has 1 heterocycles. The molecule has 0 spiro atoms. The third-order valence-electron chi connectivity index (χ3n) is 4.23. The van der Waals surface area contributed by atoms with Crippen LogP contribution in [-0.2, 0) is 4.74 Å². The number of hydrogen-bond donors (Lipinski definition) is 2. The molecule has 0 radical (unpaired) electrons. The third kappa shape index (κ3) is 3.35. The zero-order chi connectivity index (χ0) is 18.0. The fourth-order valence-electron chi connectivity index (χ4n) is 2.81. The van der Waals surface area contributed by atoms with Gasteiger partial charge in [-0.05, 0) is 57.4 Å². The molecule has 1 unspecified atom stereocenters. The van der Waals surface area contributed by atoms with E-state index in [1.54, 1.807) is 13.8 Å². The van der Waals surface area contributed by atoms with Gasteiger partial charge in [0.05, 0.1) is 24.4 Å². The Hall–Kier alpha value is -2.56. The first-order chi connectivity index (χ1) is 11.3. The predicted octanol–water partition coefficient (Wildman–Crippen LogP) is 3.72. The smallest absolute Gasteiger partial charge is 0.339 e. The Kier molecular flexibility index (Phi) is 5.12. The SMILES string of the molecule is COC(=O)c1c(C)[nH]c(C(=O)C(C)Nc2cc(C)ccc2C)c1C. The van der Waals surface area contributed by atoms with E-state index in [1.807, 2.05) is 39.0 Å². The number of carbonyl (C=O) groups is 2. The van der Waals surface area contributed by atoms with Gasteiger partial charge in [-0.3, -0.25) is 4.79 Å². The molecule has 1 atom stereocenters. The van der Waals surface area contributed by atoms with Crippen LogP contribution in [0.5, 0.6) is 0 Å². The van der Waals surface area contributed by atoms with Crippen LogP contribution < -0.4 is 5.32 Å². The lowest BCUT2D eigenvalue weighted by Crippen LogP contribution is -2.27. The van der Waals surface area contributed by atoms with Gasteiger partial charge in [-0.1, -0.05) is 12.1 Å². The number of Topliss-reactive ketones (excluding diaryl/α,β-unsaturated/α-hetero) is 1. The average Bonchev–Trinajstić information content (AvgIpc) is 2.84. The van der Waals surface area contributed by atoms with Crippen molar-refractivity contribution in [1.82, 2.24) is 4.98 Å². The number of benzene rings is 1. The monoisotopic (exact) mass is 328 g/mol. The molecule has 0 saturated heterocycles. The van der Waals surface area contributed by atoms with E-state index in [0.29, 0.717) is 22.5 Å². The lowest BCUT2D eigenvalue weighted by atomic mass is 10.0. The van der Waals surface area contributed by atoms with Gasteiger partial charge in [-0.25, -0.2) is 4.79 Å². The van der Waals surface area contributed by atoms with Gasteiger partial charge in [0.15, 0.2) is 0 Å². The first-order valence-electron chi connectivity index (χ1n) is 7.91. The van der Waals surface area contributed by atoms with Crippen LogP contribution in [0.2, 0.25) is 0 Å². The average molecular weight is 328 g/mol. The molecule has 2 N–H and O–H groups in total. The number of ether oxygens (including phenoxy) is 1. The maximum atomic E-state index is 12.8. The number of esters is 1. The Balaban J connectivity index is 2.28. The first kappa shape index (κ1) is 17.8. The predicted molar refractivity (Wildman–Crippen MR) is 94.9 cm³/mol. The lowest BCUT2D eigenvalue weighted by Gasteiger charge is -2.16. The van der Waals surface area contributed by atoms with E-state index in [-0.39, 0.29) is 5.78 Å². The highest BCUT2D eigenvalue weighted by Crippen LogP contribution is 2.22. The number of ketones is 1. The standard InChI is InChI=1S/C19H24N2O3/c1-10-7-8-11(2)15(9-10)20-14(5)18(22)17-12(3)16(13(4)21-17)19(23)24-6/h7-9,14,20-21H,1-6H3. The summed E-state index contributed by atoms with van der Waals surface area (Å²) in [6.07, 6.45) is 0. The van der Waals surface area contributed by atoms with E-state index in [4.69, 9.17) is 4.74 Å². The number of rotatable bonds is 5. The topological polar surface area (TPSA) is 71.2 Å². The fraction of sp³-hybridized carbons (Fsp3) is 0.368. The molecule has 0 saturated carbocycles. The van der Waals surface area contributed by atoms with Crippen molar-refractivity contribution in [3.05, 3.63) is 51.8 Å². The number of aromatic amines is 1. The number of nitrogens with one attached hydrogen (secondary N) is 2. The first-order valence-corrected chi connectivity index (χ1v) is 7.91. The van der Waals surface area contributed by atoms with Crippen molar-refractivity contribution >= 4 is 17.4 Å². The van der Waals surface area contributed by atoms with E-state index in [9.17, 15) is 9.59 Å². The summed E-state index contributed by atoms with van der Waals surface area (Å²) in [6.45, 7) is 9.35. The van der Waals surface area contributed by atoms with Crippen LogP contribution in [0.15, 0.2) is 18.2 Å². The van der Waals surface area contributed by atoms with Gasteiger partial charge in [0.1, 0.15) is 0 Å². The number of aromatic nitrogens is 1. The zero-order valence-electron chi connectivity index (χ0n) is 15.0. The van der Waals surface area contributed by atoms with Crippen molar-refractivity contribution in [3.8, 4) is 0 Å². The maximum absolute atomic E-state index is 12.8. The molecular formula is C19H24N2O3. The fourth-order valence-corrected chi connectivity index (χ4v) is 2.81. The molecular weight excluding hydrogens is 304 g/mol. The van der Waals surface area contributed by atoms with Gasteiger partial charge in [0.25, 0.3) is 0 Å². The second kappa shape index (κ2) is 6.91. The Labute approximate surface area is 142 Å². The van der Waals surface area contributed by atoms with E-state index in [1.165, 1.54) is 7.11 Å². The molecule has 5 nitrogen and oxygen atoms in total. The summed E-state index contributed by atoms with van der Waals surface area (Å²) in [7, 11) is 1.33. The second-order valence-electron chi connectivity index (χ2n) is 6.17. The summed E-state index contributed by atoms with van der Waals surface area (Å²) in [4.78, 5) is 27.7. The summed E-state index contributed by atoms with van der Waals surface area (Å²) in [5.74, 6) is -0.526. The third-order valence-corrected chi connectivity index (χ3v) is 4.23. The Morgan fingerprint density at radius 2 is 1.83 bits per heavy atom. The minimum Gasteiger partial charge on any atom is -0.465 e. The number of carbonyl (C=O) groups excluding carboxylic acids is 2. The Morgan fingerprint density at radius 1 is 1.17 bits per heavy atom. The molecule has 0 aliphatic rings. The zero-order valence-corrected chi connectivity index (χ0v) is 15.0. The molecule has 0 bridgehead atoms. The van der Waals surface area contributed by atoms with Crippen LogP contribution >= 0.6 is 0 Å². The van der Waals surface area contributed by atoms with Crippen molar-refractivity contribution in [2.45, 2.75) is 40.7 Å². The highest BCUT2D eigenvalue weighted by Gasteiger charge is 2.25. The lowest BCUT2D eigenvalue weighted by molar-refractivity contribution is 0.0599. The van der Waals surface area contributed by atoms with Gasteiger partial charge in [0.2, 0.25) is 5.78 Å². The van der Waals surface area contributed by atoms with E-state index in [0.717, 1.165) is 16.8 Å². The van der Waals surface area contributed by atoms with E-state index < -0.39 is 12.0 Å². The molecule has 1 aromatic carbocycles. The van der Waals surface area contributed by atoms with Crippen molar-refractivity contribution in [2.24, 2.45) is 0 Å². The summed E-state index contributed by atoms with van der Waals surface area (Å²) in [6, 6.07) is 5.65. The summed E-state index contributed by atoms with van der Waals surface area (Å²) in [5.41, 5.74) is 5.28. The van der Waals surface area contributed by atoms with Gasteiger partial charge in [-0.15, -0.1) is 0 Å². The summed E-state index contributed by atoms with van der Waals surface area (Å²) < 4.78 is 4.79. The van der Waals surface area contributed by atoms with E-state index >= 15 is 0 Å². The number of H-pyrrole nitrogens is 1. The molecule has 0 fully saturated rings. The molecule has 5 heteroatoms. The van der Waals surface area contributed by atoms with Crippen molar-refractivity contribution in [3.63, 3.8) is 0 Å². The van der Waals surface area contributed by atoms with Crippen molar-refractivity contribution in [1.29, 1.82) is 0 Å². The highest BCUT2D eigenvalue weighted by atomic mass is 16.5. The van der Waals surface area contributed by atoms with Crippen LogP contribution in [0.3, 0.4) is 0 Å². The largest absolute Gasteiger partial charge is 0.465 e. The van der Waals surface area contributed by atoms with Gasteiger partial charge in [-0.2, -0.15) is 0 Å². The molecule has 1 aromatic heterocycles. The quantitative estimate of drug-likeness (QED) is 0.648. The van der Waals surface area contributed by atoms with Crippen molar-refractivity contribution < 1.29 is 14.3 Å². The van der Waals surface area contributed by atoms with Gasteiger partial charge in [0, 0.05) is 11.4 Å². The molecule has 2 aromatic rings. The normalized spacial score (nSPS) is 11.9. The number of aryl methyl sites for hydroxylation is 3. The van der Waals surface area contributed by atoms with Crippen LogP contribution in [0.4, 0.5) is 5.69 Å². The molecule has 0 aliphatic carbocycles. The van der Waals surface area contributed by atoms with Crippen molar-refractivity contribution in [2.75, 3.05) is 12.4 Å². The highest BCUT2D eigenvalue weighted by molar-refractivity contribution is 6.04. The minimum absolute atomic E-state index is 0.0911. The van der Waals surface area contributed by atoms with Gasteiger partial charge < -0.3 is 15.0 Å². The van der Waals surface area contributed by atoms with Crippen LogP contribution in [0, 0.1) is 27.7 Å². The summed E-state index contributed by atoms with van der Waals surface area (Å²) >= 11 is 0. The Bertz CT molecular complexity index is 790. The minimum atomic E-state index is -0.435. The number of anilines is 1.